The normalized spacial score (nSPS) is 11.2. The summed E-state index contributed by atoms with van der Waals surface area (Å²) in [5.74, 6) is 1.24. The Labute approximate surface area is 106 Å². The summed E-state index contributed by atoms with van der Waals surface area (Å²) in [5, 5.41) is 0. The molecule has 0 aliphatic carbocycles. The maximum absolute atomic E-state index is 5.92. The van der Waals surface area contributed by atoms with Crippen LogP contribution in [0, 0.1) is 6.92 Å². The van der Waals surface area contributed by atoms with Crippen LogP contribution in [-0.4, -0.2) is 27.7 Å². The monoisotopic (exact) mass is 253 g/mol. The number of pyridine rings is 1. The second kappa shape index (κ2) is 5.47. The molecule has 2 aromatic heterocycles. The first-order valence-corrected chi connectivity index (χ1v) is 6.25. The molecule has 92 valence electrons. The molecule has 0 radical (unpaired) electrons. The molecule has 0 aliphatic heterocycles. The van der Waals surface area contributed by atoms with Crippen molar-refractivity contribution in [2.75, 3.05) is 13.2 Å². The van der Waals surface area contributed by atoms with Crippen LogP contribution in [0.15, 0.2) is 12.3 Å². The highest BCUT2D eigenvalue weighted by atomic mass is 35.5. The summed E-state index contributed by atoms with van der Waals surface area (Å²) >= 11 is 5.92. The van der Waals surface area contributed by atoms with Crippen LogP contribution in [0.25, 0.3) is 11.2 Å². The summed E-state index contributed by atoms with van der Waals surface area (Å²) in [5.41, 5.74) is 2.94. The van der Waals surface area contributed by atoms with Gasteiger partial charge in [0.2, 0.25) is 0 Å². The van der Waals surface area contributed by atoms with Gasteiger partial charge >= 0.3 is 0 Å². The third-order valence-electron chi connectivity index (χ3n) is 2.70. The molecule has 0 N–H and O–H groups in total. The van der Waals surface area contributed by atoms with Crippen molar-refractivity contribution in [3.8, 4) is 0 Å². The molecule has 0 saturated heterocycles. The average Bonchev–Trinajstić information content (AvgIpc) is 2.70. The zero-order chi connectivity index (χ0) is 12.3. The largest absolute Gasteiger partial charge is 0.380 e. The van der Waals surface area contributed by atoms with Crippen LogP contribution in [0.5, 0.6) is 0 Å². The number of imidazole rings is 1. The van der Waals surface area contributed by atoms with Crippen LogP contribution in [0.1, 0.15) is 18.3 Å². The second-order valence-corrected chi connectivity index (χ2v) is 4.08. The fourth-order valence-electron chi connectivity index (χ4n) is 1.82. The predicted octanol–water partition coefficient (Wildman–Crippen LogP) is 2.52. The van der Waals surface area contributed by atoms with E-state index >= 15 is 0 Å². The van der Waals surface area contributed by atoms with Crippen LogP contribution in [0.4, 0.5) is 0 Å². The van der Waals surface area contributed by atoms with Gasteiger partial charge < -0.3 is 9.30 Å². The van der Waals surface area contributed by atoms with Crippen molar-refractivity contribution in [2.45, 2.75) is 26.3 Å². The number of nitrogens with zero attached hydrogens (tertiary/aromatic N) is 3. The molecule has 2 aromatic rings. The molecular formula is C12H16ClN3O. The summed E-state index contributed by atoms with van der Waals surface area (Å²) in [6, 6.07) is 1.96. The van der Waals surface area contributed by atoms with E-state index in [2.05, 4.69) is 9.97 Å². The topological polar surface area (TPSA) is 39.9 Å². The standard InChI is InChI=1S/C12H16ClN3O/c1-3-17-7-6-16-10(8-13)15-11-9(2)4-5-14-12(11)16/h4-5H,3,6-8H2,1-2H3. The van der Waals surface area contributed by atoms with Crippen molar-refractivity contribution in [1.29, 1.82) is 0 Å². The van der Waals surface area contributed by atoms with Crippen molar-refractivity contribution in [3.63, 3.8) is 0 Å². The number of ether oxygens (including phenoxy) is 1. The van der Waals surface area contributed by atoms with Crippen LogP contribution >= 0.6 is 11.6 Å². The summed E-state index contributed by atoms with van der Waals surface area (Å²) < 4.78 is 7.40. The van der Waals surface area contributed by atoms with Crippen LogP contribution in [0.3, 0.4) is 0 Å². The van der Waals surface area contributed by atoms with E-state index in [0.717, 1.165) is 35.7 Å². The Morgan fingerprint density at radius 3 is 3.00 bits per heavy atom. The fraction of sp³-hybridized carbons (Fsp3) is 0.500. The summed E-state index contributed by atoms with van der Waals surface area (Å²) in [4.78, 5) is 8.90. The quantitative estimate of drug-likeness (QED) is 0.607. The molecule has 0 saturated carbocycles. The van der Waals surface area contributed by atoms with Crippen molar-refractivity contribution in [3.05, 3.63) is 23.7 Å². The number of alkyl halides is 1. The minimum Gasteiger partial charge on any atom is -0.380 e. The van der Waals surface area contributed by atoms with Gasteiger partial charge in [0.1, 0.15) is 11.3 Å². The number of aromatic nitrogens is 3. The lowest BCUT2D eigenvalue weighted by atomic mass is 10.3. The Morgan fingerprint density at radius 2 is 2.29 bits per heavy atom. The molecular weight excluding hydrogens is 238 g/mol. The number of hydrogen-bond acceptors (Lipinski definition) is 3. The lowest BCUT2D eigenvalue weighted by Gasteiger charge is -2.06. The number of fused-ring (bicyclic) bond motifs is 1. The maximum Gasteiger partial charge on any atom is 0.160 e. The van der Waals surface area contributed by atoms with Gasteiger partial charge in [-0.25, -0.2) is 9.97 Å². The minimum atomic E-state index is 0.391. The summed E-state index contributed by atoms with van der Waals surface area (Å²) in [6.07, 6.45) is 1.80. The molecule has 17 heavy (non-hydrogen) atoms. The van der Waals surface area contributed by atoms with Crippen LogP contribution in [-0.2, 0) is 17.2 Å². The molecule has 2 rings (SSSR count). The molecule has 0 bridgehead atoms. The van der Waals surface area contributed by atoms with Gasteiger partial charge in [0.15, 0.2) is 5.65 Å². The van der Waals surface area contributed by atoms with E-state index in [0.29, 0.717) is 12.5 Å². The minimum absolute atomic E-state index is 0.391. The Morgan fingerprint density at radius 1 is 1.47 bits per heavy atom. The van der Waals surface area contributed by atoms with E-state index in [4.69, 9.17) is 16.3 Å². The Kier molecular flexibility index (Phi) is 3.97. The lowest BCUT2D eigenvalue weighted by Crippen LogP contribution is -2.09. The van der Waals surface area contributed by atoms with Crippen LogP contribution in [0.2, 0.25) is 0 Å². The summed E-state index contributed by atoms with van der Waals surface area (Å²) in [7, 11) is 0. The highest BCUT2D eigenvalue weighted by Crippen LogP contribution is 2.18. The van der Waals surface area contributed by atoms with Crippen LogP contribution < -0.4 is 0 Å². The van der Waals surface area contributed by atoms with Gasteiger partial charge in [0, 0.05) is 19.3 Å². The molecule has 0 aromatic carbocycles. The highest BCUT2D eigenvalue weighted by Gasteiger charge is 2.12. The molecule has 0 amide bonds. The SMILES string of the molecule is CCOCCn1c(CCl)nc2c(C)ccnc21. The molecule has 5 heteroatoms. The maximum atomic E-state index is 5.92. The zero-order valence-corrected chi connectivity index (χ0v) is 10.9. The van der Waals surface area contributed by atoms with E-state index in [1.165, 1.54) is 0 Å². The zero-order valence-electron chi connectivity index (χ0n) is 10.1. The van der Waals surface area contributed by atoms with E-state index in [1.54, 1.807) is 6.20 Å². The first kappa shape index (κ1) is 12.3. The van der Waals surface area contributed by atoms with Gasteiger partial charge in [-0.15, -0.1) is 11.6 Å². The number of aryl methyl sites for hydroxylation is 1. The molecule has 0 aliphatic rings. The van der Waals surface area contributed by atoms with Gasteiger partial charge in [-0.3, -0.25) is 0 Å². The van der Waals surface area contributed by atoms with Gasteiger partial charge in [-0.2, -0.15) is 0 Å². The number of rotatable bonds is 5. The third-order valence-corrected chi connectivity index (χ3v) is 2.94. The fourth-order valence-corrected chi connectivity index (χ4v) is 2.02. The molecule has 0 fully saturated rings. The van der Waals surface area contributed by atoms with E-state index < -0.39 is 0 Å². The molecule has 4 nitrogen and oxygen atoms in total. The lowest BCUT2D eigenvalue weighted by molar-refractivity contribution is 0.139. The van der Waals surface area contributed by atoms with Gasteiger partial charge in [0.05, 0.1) is 12.5 Å². The first-order valence-electron chi connectivity index (χ1n) is 5.72. The van der Waals surface area contributed by atoms with E-state index in [9.17, 15) is 0 Å². The number of hydrogen-bond donors (Lipinski definition) is 0. The first-order chi connectivity index (χ1) is 8.27. The second-order valence-electron chi connectivity index (χ2n) is 3.81. The van der Waals surface area contributed by atoms with Gasteiger partial charge in [-0.05, 0) is 25.5 Å². The smallest absolute Gasteiger partial charge is 0.160 e. The highest BCUT2D eigenvalue weighted by molar-refractivity contribution is 6.16. The van der Waals surface area contributed by atoms with Crippen molar-refractivity contribution in [1.82, 2.24) is 14.5 Å². The van der Waals surface area contributed by atoms with E-state index in [-0.39, 0.29) is 0 Å². The van der Waals surface area contributed by atoms with Crippen molar-refractivity contribution in [2.24, 2.45) is 0 Å². The Balaban J connectivity index is 2.40. The number of halogens is 1. The Hall–Kier alpha value is -1.13. The van der Waals surface area contributed by atoms with Gasteiger partial charge in [0.25, 0.3) is 0 Å². The Bertz CT molecular complexity index is 510. The molecule has 0 atom stereocenters. The molecule has 2 heterocycles. The molecule has 0 spiro atoms. The summed E-state index contributed by atoms with van der Waals surface area (Å²) in [6.45, 7) is 6.12. The average molecular weight is 254 g/mol. The third kappa shape index (κ3) is 2.42. The van der Waals surface area contributed by atoms with Crippen molar-refractivity contribution < 1.29 is 4.74 Å². The van der Waals surface area contributed by atoms with Gasteiger partial charge in [-0.1, -0.05) is 0 Å². The van der Waals surface area contributed by atoms with E-state index in [1.807, 2.05) is 24.5 Å². The predicted molar refractivity (Wildman–Crippen MR) is 68.3 cm³/mol. The van der Waals surface area contributed by atoms with Crippen molar-refractivity contribution >= 4 is 22.8 Å². The molecule has 0 unspecified atom stereocenters.